The summed E-state index contributed by atoms with van der Waals surface area (Å²) in [4.78, 5) is 29.3. The second-order valence-electron chi connectivity index (χ2n) is 4.91. The van der Waals surface area contributed by atoms with E-state index in [1.807, 2.05) is 36.4 Å². The lowest BCUT2D eigenvalue weighted by atomic mass is 10.2. The molecule has 0 aliphatic carbocycles. The summed E-state index contributed by atoms with van der Waals surface area (Å²) < 4.78 is 0.378. The minimum atomic E-state index is -0.959. The van der Waals surface area contributed by atoms with E-state index in [0.717, 1.165) is 10.9 Å². The zero-order chi connectivity index (χ0) is 16.4. The van der Waals surface area contributed by atoms with E-state index in [4.69, 9.17) is 17.3 Å². The van der Waals surface area contributed by atoms with Crippen molar-refractivity contribution in [2.24, 2.45) is 0 Å². The Labute approximate surface area is 142 Å². The van der Waals surface area contributed by atoms with E-state index in [0.29, 0.717) is 14.9 Å². The molecule has 2 aromatic rings. The summed E-state index contributed by atoms with van der Waals surface area (Å²) >= 11 is 6.32. The number of carbonyl (C=O) groups excluding carboxylic acids is 1. The van der Waals surface area contributed by atoms with Gasteiger partial charge < -0.3 is 5.11 Å². The molecular weight excluding hydrogens is 332 g/mol. The Morgan fingerprint density at radius 1 is 1.30 bits per heavy atom. The van der Waals surface area contributed by atoms with Crippen molar-refractivity contribution in [2.45, 2.75) is 6.42 Å². The van der Waals surface area contributed by atoms with Crippen LogP contribution in [0.1, 0.15) is 12.1 Å². The number of aromatic nitrogens is 1. The number of hydrogen-bond acceptors (Lipinski definition) is 5. The van der Waals surface area contributed by atoms with Crippen LogP contribution >= 0.6 is 24.0 Å². The normalized spacial score (nSPS) is 16.5. The fourth-order valence-electron chi connectivity index (χ4n) is 2.20. The lowest BCUT2D eigenvalue weighted by Gasteiger charge is -2.12. The smallest absolute Gasteiger partial charge is 0.305 e. The highest BCUT2D eigenvalue weighted by atomic mass is 32.2. The number of fused-ring (bicyclic) bond motifs is 1. The number of carbonyl (C=O) groups is 2. The second kappa shape index (κ2) is 6.47. The maximum atomic E-state index is 12.3. The molecular formula is C16H12N2O3S2. The fourth-order valence-corrected chi connectivity index (χ4v) is 3.49. The number of aliphatic carboxylic acids is 1. The zero-order valence-electron chi connectivity index (χ0n) is 11.9. The molecule has 7 heteroatoms. The molecule has 0 spiro atoms. The third-order valence-corrected chi connectivity index (χ3v) is 4.70. The minimum Gasteiger partial charge on any atom is -0.481 e. The highest BCUT2D eigenvalue weighted by Crippen LogP contribution is 2.32. The summed E-state index contributed by atoms with van der Waals surface area (Å²) in [7, 11) is 0. The third-order valence-electron chi connectivity index (χ3n) is 3.32. The van der Waals surface area contributed by atoms with Crippen LogP contribution < -0.4 is 0 Å². The molecule has 2 heterocycles. The first kappa shape index (κ1) is 15.6. The van der Waals surface area contributed by atoms with Gasteiger partial charge in [0.2, 0.25) is 0 Å². The Morgan fingerprint density at radius 3 is 2.87 bits per heavy atom. The predicted molar refractivity (Wildman–Crippen MR) is 93.9 cm³/mol. The molecule has 1 aliphatic rings. The minimum absolute atomic E-state index is 0.0858. The van der Waals surface area contributed by atoms with Crippen molar-refractivity contribution < 1.29 is 14.7 Å². The Kier molecular flexibility index (Phi) is 4.40. The first-order valence-electron chi connectivity index (χ1n) is 6.87. The van der Waals surface area contributed by atoms with Crippen molar-refractivity contribution in [2.75, 3.05) is 6.54 Å². The van der Waals surface area contributed by atoms with Gasteiger partial charge in [0.25, 0.3) is 5.91 Å². The van der Waals surface area contributed by atoms with E-state index in [1.165, 1.54) is 16.7 Å². The number of rotatable bonds is 4. The summed E-state index contributed by atoms with van der Waals surface area (Å²) in [5.74, 6) is -1.23. The average molecular weight is 344 g/mol. The van der Waals surface area contributed by atoms with Gasteiger partial charge in [-0.05, 0) is 18.2 Å². The molecule has 1 aliphatic heterocycles. The number of nitrogens with zero attached hydrogens (tertiary/aromatic N) is 2. The molecule has 3 rings (SSSR count). The van der Waals surface area contributed by atoms with Crippen LogP contribution in [0.25, 0.3) is 17.0 Å². The number of carboxylic acid groups (broad SMARTS) is 1. The van der Waals surface area contributed by atoms with Crippen molar-refractivity contribution in [3.63, 3.8) is 0 Å². The fraction of sp³-hybridized carbons (Fsp3) is 0.125. The summed E-state index contributed by atoms with van der Waals surface area (Å²) in [6.45, 7) is 0.0858. The SMILES string of the molecule is O=C(O)CCN1C(=O)C(=Cc2ccc3ccccc3n2)SC1=S. The Hall–Kier alpha value is -2.25. The maximum absolute atomic E-state index is 12.3. The Bertz CT molecular complexity index is 848. The molecule has 0 unspecified atom stereocenters. The number of pyridine rings is 1. The van der Waals surface area contributed by atoms with Gasteiger partial charge in [0.1, 0.15) is 4.32 Å². The van der Waals surface area contributed by atoms with Crippen LogP contribution in [-0.2, 0) is 9.59 Å². The molecule has 1 amide bonds. The monoisotopic (exact) mass is 344 g/mol. The van der Waals surface area contributed by atoms with Crippen molar-refractivity contribution >= 4 is 57.2 Å². The quantitative estimate of drug-likeness (QED) is 0.679. The van der Waals surface area contributed by atoms with Gasteiger partial charge >= 0.3 is 5.97 Å². The summed E-state index contributed by atoms with van der Waals surface area (Å²) in [6, 6.07) is 11.5. The molecule has 1 saturated heterocycles. The molecule has 0 radical (unpaired) electrons. The molecule has 0 saturated carbocycles. The molecule has 1 fully saturated rings. The molecule has 5 nitrogen and oxygen atoms in total. The summed E-state index contributed by atoms with van der Waals surface area (Å²) in [5.41, 5.74) is 1.52. The van der Waals surface area contributed by atoms with Gasteiger partial charge in [-0.2, -0.15) is 0 Å². The van der Waals surface area contributed by atoms with Crippen LogP contribution in [0.5, 0.6) is 0 Å². The van der Waals surface area contributed by atoms with Gasteiger partial charge in [-0.3, -0.25) is 14.5 Å². The van der Waals surface area contributed by atoms with Gasteiger partial charge in [0.05, 0.1) is 22.5 Å². The predicted octanol–water partition coefficient (Wildman–Crippen LogP) is 2.91. The summed E-state index contributed by atoms with van der Waals surface area (Å²) in [6.07, 6.45) is 1.56. The number of thioether (sulfide) groups is 1. The van der Waals surface area contributed by atoms with E-state index in [2.05, 4.69) is 4.98 Å². The van der Waals surface area contributed by atoms with Crippen molar-refractivity contribution in [3.05, 3.63) is 47.0 Å². The maximum Gasteiger partial charge on any atom is 0.305 e. The van der Waals surface area contributed by atoms with Crippen LogP contribution in [0.4, 0.5) is 0 Å². The highest BCUT2D eigenvalue weighted by molar-refractivity contribution is 8.26. The molecule has 0 atom stereocenters. The topological polar surface area (TPSA) is 70.5 Å². The van der Waals surface area contributed by atoms with Gasteiger partial charge in [-0.25, -0.2) is 4.98 Å². The second-order valence-corrected chi connectivity index (χ2v) is 6.58. The van der Waals surface area contributed by atoms with Gasteiger partial charge in [-0.1, -0.05) is 48.2 Å². The number of hydrogen-bond donors (Lipinski definition) is 1. The summed E-state index contributed by atoms with van der Waals surface area (Å²) in [5, 5.41) is 9.76. The lowest BCUT2D eigenvalue weighted by Crippen LogP contribution is -2.30. The van der Waals surface area contributed by atoms with Gasteiger partial charge in [0.15, 0.2) is 0 Å². The van der Waals surface area contributed by atoms with Crippen LogP contribution in [0, 0.1) is 0 Å². The average Bonchev–Trinajstić information content (AvgIpc) is 2.79. The molecule has 1 aromatic heterocycles. The molecule has 23 heavy (non-hydrogen) atoms. The van der Waals surface area contributed by atoms with Crippen LogP contribution in [0.15, 0.2) is 41.3 Å². The number of para-hydroxylation sites is 1. The lowest BCUT2D eigenvalue weighted by molar-refractivity contribution is -0.137. The number of carboxylic acids is 1. The van der Waals surface area contributed by atoms with Crippen molar-refractivity contribution in [1.82, 2.24) is 9.88 Å². The molecule has 1 N–H and O–H groups in total. The van der Waals surface area contributed by atoms with Crippen LogP contribution in [0.3, 0.4) is 0 Å². The first-order chi connectivity index (χ1) is 11.0. The van der Waals surface area contributed by atoms with E-state index in [1.54, 1.807) is 6.08 Å². The van der Waals surface area contributed by atoms with E-state index < -0.39 is 5.97 Å². The van der Waals surface area contributed by atoms with Gasteiger partial charge in [-0.15, -0.1) is 0 Å². The van der Waals surface area contributed by atoms with Gasteiger partial charge in [0, 0.05) is 11.9 Å². The van der Waals surface area contributed by atoms with Crippen LogP contribution in [0.2, 0.25) is 0 Å². The van der Waals surface area contributed by atoms with E-state index in [-0.39, 0.29) is 18.9 Å². The molecule has 116 valence electrons. The van der Waals surface area contributed by atoms with Crippen LogP contribution in [-0.4, -0.2) is 37.7 Å². The standard InChI is InChI=1S/C16H12N2O3S2/c19-14(20)7-8-18-15(21)13(23-16(18)22)9-11-6-5-10-3-1-2-4-12(10)17-11/h1-6,9H,7-8H2,(H,19,20). The highest BCUT2D eigenvalue weighted by Gasteiger charge is 2.32. The van der Waals surface area contributed by atoms with Crippen molar-refractivity contribution in [3.8, 4) is 0 Å². The van der Waals surface area contributed by atoms with Crippen molar-refractivity contribution in [1.29, 1.82) is 0 Å². The zero-order valence-corrected chi connectivity index (χ0v) is 13.6. The number of amides is 1. The first-order valence-corrected chi connectivity index (χ1v) is 8.10. The molecule has 0 bridgehead atoms. The number of benzene rings is 1. The molecule has 1 aromatic carbocycles. The largest absolute Gasteiger partial charge is 0.481 e. The van der Waals surface area contributed by atoms with E-state index in [9.17, 15) is 9.59 Å². The number of thiocarbonyl (C=S) groups is 1. The third kappa shape index (κ3) is 3.40. The Balaban J connectivity index is 1.85. The van der Waals surface area contributed by atoms with E-state index >= 15 is 0 Å². The Morgan fingerprint density at radius 2 is 2.09 bits per heavy atom.